The Bertz CT molecular complexity index is 707. The minimum atomic E-state index is 0. The lowest BCUT2D eigenvalue weighted by Crippen LogP contribution is -2.46. The van der Waals surface area contributed by atoms with E-state index in [1.165, 1.54) is 0 Å². The summed E-state index contributed by atoms with van der Waals surface area (Å²) in [4.78, 5) is 14.2. The summed E-state index contributed by atoms with van der Waals surface area (Å²) in [6, 6.07) is 8.35. The van der Waals surface area contributed by atoms with Crippen LogP contribution in [0, 0.1) is 0 Å². The molecule has 1 aliphatic rings. The molecule has 2 aromatic rings. The smallest absolute Gasteiger partial charge is 0.191 e. The molecule has 29 heavy (non-hydrogen) atoms. The summed E-state index contributed by atoms with van der Waals surface area (Å²) in [6.07, 6.45) is 6.09. The molecule has 1 fully saturated rings. The lowest BCUT2D eigenvalue weighted by Gasteiger charge is -2.34. The highest BCUT2D eigenvalue weighted by molar-refractivity contribution is 14.0. The number of halogens is 1. The maximum atomic E-state index is 4.69. The number of aliphatic imine (C=N–C) groups is 1. The molecule has 0 amide bonds. The van der Waals surface area contributed by atoms with Crippen LogP contribution in [0.2, 0.25) is 0 Å². The second kappa shape index (κ2) is 12.7. The van der Waals surface area contributed by atoms with Crippen LogP contribution in [0.25, 0.3) is 0 Å². The monoisotopic (exact) mass is 511 g/mol. The van der Waals surface area contributed by atoms with Gasteiger partial charge in [-0.25, -0.2) is 9.98 Å². The Balaban J connectivity index is 0.00000300. The maximum absolute atomic E-state index is 4.69. The molecule has 1 aliphatic heterocycles. The van der Waals surface area contributed by atoms with Gasteiger partial charge in [-0.3, -0.25) is 0 Å². The molecule has 2 N–H and O–H groups in total. The number of anilines is 1. The van der Waals surface area contributed by atoms with Gasteiger partial charge >= 0.3 is 0 Å². The number of pyridine rings is 1. The molecule has 0 aliphatic carbocycles. The fourth-order valence-electron chi connectivity index (χ4n) is 3.33. The average Bonchev–Trinajstić information content (AvgIpc) is 3.26. The second-order valence-corrected chi connectivity index (χ2v) is 6.99. The Morgan fingerprint density at radius 3 is 2.45 bits per heavy atom. The van der Waals surface area contributed by atoms with Gasteiger partial charge in [0.05, 0.1) is 6.54 Å². The molecule has 0 atom stereocenters. The van der Waals surface area contributed by atoms with Crippen LogP contribution >= 0.6 is 24.0 Å². The van der Waals surface area contributed by atoms with E-state index in [4.69, 9.17) is 4.99 Å². The zero-order chi connectivity index (χ0) is 19.6. The first kappa shape index (κ1) is 23.5. The van der Waals surface area contributed by atoms with E-state index in [1.54, 1.807) is 0 Å². The Morgan fingerprint density at radius 1 is 1.07 bits per heavy atom. The highest BCUT2D eigenvalue weighted by Gasteiger charge is 2.16. The molecule has 8 heteroatoms. The number of likely N-dealkylation sites (N-methyl/N-ethyl adjacent to an activating group) is 1. The van der Waals surface area contributed by atoms with Crippen LogP contribution in [0.1, 0.15) is 19.4 Å². The van der Waals surface area contributed by atoms with Crippen LogP contribution in [-0.2, 0) is 13.1 Å². The van der Waals surface area contributed by atoms with E-state index in [1.807, 2.05) is 18.3 Å². The van der Waals surface area contributed by atoms with Crippen molar-refractivity contribution in [1.82, 2.24) is 25.1 Å². The first-order valence-electron chi connectivity index (χ1n) is 10.3. The molecule has 160 valence electrons. The summed E-state index contributed by atoms with van der Waals surface area (Å²) >= 11 is 0. The summed E-state index contributed by atoms with van der Waals surface area (Å²) in [7, 11) is 0. The van der Waals surface area contributed by atoms with Gasteiger partial charge in [-0.1, -0.05) is 13.0 Å². The summed E-state index contributed by atoms with van der Waals surface area (Å²) in [5, 5.41) is 6.69. The third kappa shape index (κ3) is 7.50. The lowest BCUT2D eigenvalue weighted by atomic mass is 10.2. The van der Waals surface area contributed by atoms with Crippen molar-refractivity contribution in [2.75, 3.05) is 50.7 Å². The number of rotatable bonds is 8. The third-order valence-corrected chi connectivity index (χ3v) is 5.05. The van der Waals surface area contributed by atoms with E-state index >= 15 is 0 Å². The first-order chi connectivity index (χ1) is 13.8. The van der Waals surface area contributed by atoms with Gasteiger partial charge in [0.15, 0.2) is 5.96 Å². The molecule has 3 rings (SSSR count). The molecule has 3 heterocycles. The minimum Gasteiger partial charge on any atom is -0.357 e. The summed E-state index contributed by atoms with van der Waals surface area (Å²) in [6.45, 7) is 13.0. The molecule has 7 nitrogen and oxygen atoms in total. The normalized spacial score (nSPS) is 15.1. The van der Waals surface area contributed by atoms with Crippen LogP contribution in [0.4, 0.5) is 5.82 Å². The molecular formula is C21H34IN7. The van der Waals surface area contributed by atoms with Crippen molar-refractivity contribution in [2.45, 2.75) is 26.9 Å². The van der Waals surface area contributed by atoms with Crippen LogP contribution < -0.4 is 15.5 Å². The van der Waals surface area contributed by atoms with Gasteiger partial charge in [-0.2, -0.15) is 0 Å². The fourth-order valence-corrected chi connectivity index (χ4v) is 3.33. The van der Waals surface area contributed by atoms with Gasteiger partial charge in [0.2, 0.25) is 0 Å². The number of guanidine groups is 1. The largest absolute Gasteiger partial charge is 0.357 e. The van der Waals surface area contributed by atoms with Gasteiger partial charge in [-0.15, -0.1) is 24.0 Å². The van der Waals surface area contributed by atoms with E-state index in [-0.39, 0.29) is 24.0 Å². The number of hydrogen-bond acceptors (Lipinski definition) is 4. The van der Waals surface area contributed by atoms with Crippen molar-refractivity contribution in [1.29, 1.82) is 0 Å². The molecule has 0 bridgehead atoms. The second-order valence-electron chi connectivity index (χ2n) is 6.99. The standard InChI is InChI=1S/C21H33N7.HI/c1-3-22-21(23-9-12-27-10-5-6-11-27)25-18-19-7-8-20(24-17-19)28-15-13-26(4-2)14-16-28;/h5-8,10-11,17H,3-4,9,12-16,18H2,1-2H3,(H2,22,23,25);1H. The number of piperazine rings is 1. The van der Waals surface area contributed by atoms with Crippen LogP contribution in [0.15, 0.2) is 47.8 Å². The van der Waals surface area contributed by atoms with Gasteiger partial charge in [0.1, 0.15) is 5.82 Å². The zero-order valence-corrected chi connectivity index (χ0v) is 19.9. The van der Waals surface area contributed by atoms with Crippen molar-refractivity contribution < 1.29 is 0 Å². The van der Waals surface area contributed by atoms with Gasteiger partial charge in [0.25, 0.3) is 0 Å². The molecule has 0 spiro atoms. The highest BCUT2D eigenvalue weighted by Crippen LogP contribution is 2.14. The Hall–Kier alpha value is -1.81. The molecule has 0 radical (unpaired) electrons. The lowest BCUT2D eigenvalue weighted by molar-refractivity contribution is 0.270. The third-order valence-electron chi connectivity index (χ3n) is 5.05. The highest BCUT2D eigenvalue weighted by atomic mass is 127. The Kier molecular flexibility index (Phi) is 10.3. The van der Waals surface area contributed by atoms with E-state index in [9.17, 15) is 0 Å². The number of aromatic nitrogens is 2. The molecule has 0 saturated carbocycles. The average molecular weight is 511 g/mol. The van der Waals surface area contributed by atoms with Gasteiger partial charge in [-0.05, 0) is 37.2 Å². The van der Waals surface area contributed by atoms with Crippen molar-refractivity contribution in [2.24, 2.45) is 4.99 Å². The number of hydrogen-bond donors (Lipinski definition) is 2. The predicted molar refractivity (Wildman–Crippen MR) is 131 cm³/mol. The van der Waals surface area contributed by atoms with E-state index in [0.29, 0.717) is 6.54 Å². The zero-order valence-electron chi connectivity index (χ0n) is 17.5. The molecular weight excluding hydrogens is 477 g/mol. The predicted octanol–water partition coefficient (Wildman–Crippen LogP) is 2.40. The molecule has 0 unspecified atom stereocenters. The minimum absolute atomic E-state index is 0. The Labute approximate surface area is 191 Å². The van der Waals surface area contributed by atoms with Gasteiger partial charge < -0.3 is 25.0 Å². The first-order valence-corrected chi connectivity index (χ1v) is 10.3. The van der Waals surface area contributed by atoms with Crippen molar-refractivity contribution >= 4 is 35.8 Å². The van der Waals surface area contributed by atoms with Crippen molar-refractivity contribution in [3.63, 3.8) is 0 Å². The number of nitrogens with one attached hydrogen (secondary N) is 2. The Morgan fingerprint density at radius 2 is 1.83 bits per heavy atom. The van der Waals surface area contributed by atoms with Gasteiger partial charge in [0, 0.05) is 64.4 Å². The summed E-state index contributed by atoms with van der Waals surface area (Å²) < 4.78 is 2.15. The SMILES string of the molecule is CCNC(=NCc1ccc(N2CCN(CC)CC2)nc1)NCCn1cccc1.I. The molecule has 2 aromatic heterocycles. The van der Waals surface area contributed by atoms with E-state index < -0.39 is 0 Å². The van der Waals surface area contributed by atoms with Crippen LogP contribution in [0.3, 0.4) is 0 Å². The molecule has 0 aromatic carbocycles. The maximum Gasteiger partial charge on any atom is 0.191 e. The number of nitrogens with zero attached hydrogens (tertiary/aromatic N) is 5. The van der Waals surface area contributed by atoms with E-state index in [0.717, 1.165) is 69.7 Å². The summed E-state index contributed by atoms with van der Waals surface area (Å²) in [5.74, 6) is 1.91. The topological polar surface area (TPSA) is 60.7 Å². The van der Waals surface area contributed by atoms with Crippen molar-refractivity contribution in [3.05, 3.63) is 48.4 Å². The van der Waals surface area contributed by atoms with Crippen LogP contribution in [-0.4, -0.2) is 66.2 Å². The quantitative estimate of drug-likeness (QED) is 0.324. The summed E-state index contributed by atoms with van der Waals surface area (Å²) in [5.41, 5.74) is 1.12. The van der Waals surface area contributed by atoms with Crippen LogP contribution in [0.5, 0.6) is 0 Å². The van der Waals surface area contributed by atoms with Crippen molar-refractivity contribution in [3.8, 4) is 0 Å². The molecule has 1 saturated heterocycles. The fraction of sp³-hybridized carbons (Fsp3) is 0.524. The van der Waals surface area contributed by atoms with E-state index in [2.05, 4.69) is 68.4 Å².